The van der Waals surface area contributed by atoms with Gasteiger partial charge in [-0.15, -0.1) is 11.6 Å². The zero-order valence-electron chi connectivity index (χ0n) is 12.1. The van der Waals surface area contributed by atoms with Crippen molar-refractivity contribution in [2.75, 3.05) is 12.0 Å². The van der Waals surface area contributed by atoms with Crippen LogP contribution in [0.15, 0.2) is 0 Å². The number of alkyl halides is 1. The highest BCUT2D eigenvalue weighted by Crippen LogP contribution is 2.27. The highest BCUT2D eigenvalue weighted by Gasteiger charge is 2.21. The lowest BCUT2D eigenvalue weighted by Crippen LogP contribution is -2.14. The Balaban J connectivity index is 2.51. The van der Waals surface area contributed by atoms with Crippen LogP contribution in [0, 0.1) is 12.8 Å². The van der Waals surface area contributed by atoms with Gasteiger partial charge >= 0.3 is 0 Å². The summed E-state index contributed by atoms with van der Waals surface area (Å²) in [7, 11) is 1.97. The van der Waals surface area contributed by atoms with E-state index in [0.717, 1.165) is 35.0 Å². The van der Waals surface area contributed by atoms with Crippen molar-refractivity contribution in [2.45, 2.75) is 32.7 Å². The second kappa shape index (κ2) is 5.75. The Bertz CT molecular complexity index is 573. The number of fused-ring (bicyclic) bond motifs is 1. The Kier molecular flexibility index (Phi) is 4.46. The first-order chi connectivity index (χ1) is 8.95. The lowest BCUT2D eigenvalue weighted by molar-refractivity contribution is 0.515. The summed E-state index contributed by atoms with van der Waals surface area (Å²) in [4.78, 5) is 4.69. The van der Waals surface area contributed by atoms with Gasteiger partial charge in [-0.2, -0.15) is 16.9 Å². The minimum absolute atomic E-state index is 0.0896. The molecule has 106 valence electrons. The average molecular weight is 301 g/mol. The summed E-state index contributed by atoms with van der Waals surface area (Å²) < 4.78 is 4.14. The van der Waals surface area contributed by atoms with Gasteiger partial charge in [0.1, 0.15) is 11.3 Å². The summed E-state index contributed by atoms with van der Waals surface area (Å²) in [5.41, 5.74) is 3.02. The fourth-order valence-electron chi connectivity index (χ4n) is 2.48. The molecule has 0 N–H and O–H groups in total. The van der Waals surface area contributed by atoms with Crippen molar-refractivity contribution in [2.24, 2.45) is 13.0 Å². The van der Waals surface area contributed by atoms with Crippen molar-refractivity contribution >= 4 is 34.5 Å². The molecule has 0 aliphatic heterocycles. The van der Waals surface area contributed by atoms with Gasteiger partial charge in [0, 0.05) is 13.6 Å². The van der Waals surface area contributed by atoms with Crippen LogP contribution in [0.5, 0.6) is 0 Å². The van der Waals surface area contributed by atoms with Crippen LogP contribution in [0.1, 0.15) is 30.7 Å². The number of aryl methyl sites for hydroxylation is 2. The smallest absolute Gasteiger partial charge is 0.158 e. The quantitative estimate of drug-likeness (QED) is 0.794. The molecule has 2 unspecified atom stereocenters. The molecule has 19 heavy (non-hydrogen) atoms. The number of rotatable bonds is 5. The SMILES string of the molecule is CSCC(C)Cn1c(C(C)Cl)nc2c(C)nn(C)c21. The first-order valence-electron chi connectivity index (χ1n) is 6.48. The highest BCUT2D eigenvalue weighted by atomic mass is 35.5. The first kappa shape index (κ1) is 14.7. The lowest BCUT2D eigenvalue weighted by Gasteiger charge is -2.15. The third-order valence-electron chi connectivity index (χ3n) is 3.22. The van der Waals surface area contributed by atoms with Gasteiger partial charge in [-0.1, -0.05) is 6.92 Å². The van der Waals surface area contributed by atoms with E-state index in [1.165, 1.54) is 0 Å². The van der Waals surface area contributed by atoms with Crippen molar-refractivity contribution < 1.29 is 0 Å². The largest absolute Gasteiger partial charge is 0.311 e. The first-order valence-corrected chi connectivity index (χ1v) is 8.31. The fraction of sp³-hybridized carbons (Fsp3) is 0.692. The van der Waals surface area contributed by atoms with E-state index in [2.05, 4.69) is 27.8 Å². The van der Waals surface area contributed by atoms with Gasteiger partial charge in [0.25, 0.3) is 0 Å². The topological polar surface area (TPSA) is 35.6 Å². The number of nitrogens with zero attached hydrogens (tertiary/aromatic N) is 4. The Morgan fingerprint density at radius 3 is 2.63 bits per heavy atom. The van der Waals surface area contributed by atoms with Gasteiger partial charge in [0.15, 0.2) is 5.65 Å². The molecule has 0 saturated heterocycles. The molecule has 0 aromatic carbocycles. The van der Waals surface area contributed by atoms with Gasteiger partial charge in [-0.25, -0.2) is 4.98 Å². The van der Waals surface area contributed by atoms with E-state index in [1.807, 2.05) is 37.3 Å². The zero-order valence-corrected chi connectivity index (χ0v) is 13.7. The van der Waals surface area contributed by atoms with Gasteiger partial charge in [-0.05, 0) is 31.8 Å². The maximum Gasteiger partial charge on any atom is 0.158 e. The molecule has 2 atom stereocenters. The Morgan fingerprint density at radius 1 is 1.37 bits per heavy atom. The monoisotopic (exact) mass is 300 g/mol. The molecule has 4 nitrogen and oxygen atoms in total. The van der Waals surface area contributed by atoms with E-state index < -0.39 is 0 Å². The molecule has 0 spiro atoms. The molecule has 6 heteroatoms. The third-order valence-corrected chi connectivity index (χ3v) is 4.32. The molecule has 0 saturated carbocycles. The molecule has 2 rings (SSSR count). The molecule has 2 aromatic heterocycles. The zero-order chi connectivity index (χ0) is 14.2. The minimum Gasteiger partial charge on any atom is -0.311 e. The predicted octanol–water partition coefficient (Wildman–Crippen LogP) is 3.38. The number of imidazole rings is 1. The number of hydrogen-bond acceptors (Lipinski definition) is 3. The summed E-state index contributed by atoms with van der Waals surface area (Å²) in [5, 5.41) is 4.36. The van der Waals surface area contributed by atoms with E-state index in [4.69, 9.17) is 11.6 Å². The van der Waals surface area contributed by atoms with Crippen LogP contribution in [0.3, 0.4) is 0 Å². The molecule has 2 aromatic rings. The van der Waals surface area contributed by atoms with E-state index in [0.29, 0.717) is 5.92 Å². The molecule has 0 amide bonds. The number of aromatic nitrogens is 4. The van der Waals surface area contributed by atoms with Crippen LogP contribution in [-0.2, 0) is 13.6 Å². The lowest BCUT2D eigenvalue weighted by atomic mass is 10.2. The molecule has 0 aliphatic carbocycles. The summed E-state index contributed by atoms with van der Waals surface area (Å²) in [6.07, 6.45) is 2.14. The molecule has 0 aliphatic rings. The number of thioether (sulfide) groups is 1. The Morgan fingerprint density at radius 2 is 2.05 bits per heavy atom. The summed E-state index contributed by atoms with van der Waals surface area (Å²) >= 11 is 8.16. The maximum absolute atomic E-state index is 6.28. The van der Waals surface area contributed by atoms with Crippen LogP contribution in [0.25, 0.3) is 11.2 Å². The van der Waals surface area contributed by atoms with E-state index in [9.17, 15) is 0 Å². The predicted molar refractivity (Wildman–Crippen MR) is 83.1 cm³/mol. The standard InChI is InChI=1S/C13H21ClN4S/c1-8(7-19-5)6-18-12(9(2)14)15-11-10(3)16-17(4)13(11)18/h8-9H,6-7H2,1-5H3. The average Bonchev–Trinajstić information content (AvgIpc) is 2.80. The molecule has 0 fully saturated rings. The van der Waals surface area contributed by atoms with Gasteiger partial charge < -0.3 is 4.57 Å². The third kappa shape index (κ3) is 2.77. The summed E-state index contributed by atoms with van der Waals surface area (Å²) in [5.74, 6) is 2.66. The van der Waals surface area contributed by atoms with Crippen LogP contribution in [0.4, 0.5) is 0 Å². The minimum atomic E-state index is -0.0896. The van der Waals surface area contributed by atoms with Gasteiger partial charge in [0.2, 0.25) is 0 Å². The molecular formula is C13H21ClN4S. The normalized spacial score (nSPS) is 15.1. The van der Waals surface area contributed by atoms with Crippen molar-refractivity contribution in [3.05, 3.63) is 11.5 Å². The molecule has 0 radical (unpaired) electrons. The maximum atomic E-state index is 6.28. The second-order valence-electron chi connectivity index (χ2n) is 5.14. The van der Waals surface area contributed by atoms with E-state index >= 15 is 0 Å². The van der Waals surface area contributed by atoms with Crippen molar-refractivity contribution in [1.82, 2.24) is 19.3 Å². The van der Waals surface area contributed by atoms with Gasteiger partial charge in [-0.3, -0.25) is 4.68 Å². The fourth-order valence-corrected chi connectivity index (χ4v) is 3.33. The summed E-state index contributed by atoms with van der Waals surface area (Å²) in [6, 6.07) is 0. The van der Waals surface area contributed by atoms with Crippen molar-refractivity contribution in [3.8, 4) is 0 Å². The number of hydrogen-bond donors (Lipinski definition) is 0. The molecular weight excluding hydrogens is 280 g/mol. The van der Waals surface area contributed by atoms with Crippen LogP contribution in [0.2, 0.25) is 0 Å². The number of halogens is 1. The second-order valence-corrected chi connectivity index (χ2v) is 6.70. The Hall–Kier alpha value is -0.680. The Labute approximate surface area is 123 Å². The van der Waals surface area contributed by atoms with E-state index in [-0.39, 0.29) is 5.38 Å². The van der Waals surface area contributed by atoms with E-state index in [1.54, 1.807) is 0 Å². The summed E-state index contributed by atoms with van der Waals surface area (Å²) in [6.45, 7) is 7.16. The van der Waals surface area contributed by atoms with Crippen molar-refractivity contribution in [3.63, 3.8) is 0 Å². The molecule has 2 heterocycles. The van der Waals surface area contributed by atoms with Gasteiger partial charge in [0.05, 0.1) is 11.1 Å². The highest BCUT2D eigenvalue weighted by molar-refractivity contribution is 7.98. The van der Waals surface area contributed by atoms with Crippen LogP contribution >= 0.6 is 23.4 Å². The van der Waals surface area contributed by atoms with Crippen LogP contribution < -0.4 is 0 Å². The van der Waals surface area contributed by atoms with Crippen LogP contribution in [-0.4, -0.2) is 31.3 Å². The molecule has 0 bridgehead atoms. The van der Waals surface area contributed by atoms with Crippen molar-refractivity contribution in [1.29, 1.82) is 0 Å².